The van der Waals surface area contributed by atoms with Gasteiger partial charge in [-0.15, -0.1) is 0 Å². The Morgan fingerprint density at radius 2 is 0.333 bits per heavy atom. The van der Waals surface area contributed by atoms with Crippen LogP contribution in [-0.2, 0) is 24.7 Å². The van der Waals surface area contributed by atoms with Crippen molar-refractivity contribution in [3.63, 3.8) is 0 Å². The van der Waals surface area contributed by atoms with Crippen LogP contribution in [0.3, 0.4) is 0 Å². The fourth-order valence-electron chi connectivity index (χ4n) is 9.16. The van der Waals surface area contributed by atoms with E-state index in [0.29, 0.717) is 0 Å². The molecule has 0 unspecified atom stereocenters. The first-order chi connectivity index (χ1) is 27.7. The fourth-order valence-corrected chi connectivity index (χ4v) is 45.6. The number of hydrogen-bond acceptors (Lipinski definition) is 6. The predicted octanol–water partition coefficient (Wildman–Crippen LogP) is 18.1. The summed E-state index contributed by atoms with van der Waals surface area (Å²) in [5, 5.41) is 0. The van der Waals surface area contributed by atoms with Gasteiger partial charge in [0.2, 0.25) is 0 Å². The highest BCUT2D eigenvalue weighted by molar-refractivity contribution is 6.91. The van der Waals surface area contributed by atoms with E-state index in [2.05, 4.69) is 119 Å². The number of hydrogen-bond donors (Lipinski definition) is 0. The van der Waals surface area contributed by atoms with Gasteiger partial charge >= 0.3 is 17.6 Å². The summed E-state index contributed by atoms with van der Waals surface area (Å²) in [5.41, 5.74) is 0. The molecule has 362 valence electrons. The van der Waals surface area contributed by atoms with Crippen LogP contribution in [0, 0.1) is 0 Å². The Kier molecular flexibility index (Phi) is 31.5. The summed E-state index contributed by atoms with van der Waals surface area (Å²) in [5.74, 6) is 0. The van der Waals surface area contributed by atoms with Crippen LogP contribution < -0.4 is 0 Å². The third kappa shape index (κ3) is 33.0. The smallest absolute Gasteiger partial charge is 0.417 e. The normalized spacial score (nSPS) is 14.1. The molecule has 6 nitrogen and oxygen atoms in total. The van der Waals surface area contributed by atoms with Gasteiger partial charge in [0.05, 0.1) is 0 Å². The lowest BCUT2D eigenvalue weighted by atomic mass is 10.1. The van der Waals surface area contributed by atoms with E-state index in [1.807, 2.05) is 0 Å². The third-order valence-electron chi connectivity index (χ3n) is 12.1. The van der Waals surface area contributed by atoms with E-state index in [0.717, 1.165) is 0 Å². The van der Waals surface area contributed by atoms with Crippen LogP contribution >= 0.6 is 0 Å². The van der Waals surface area contributed by atoms with Crippen molar-refractivity contribution in [2.45, 2.75) is 297 Å². The zero-order valence-corrected chi connectivity index (χ0v) is 52.2. The topological polar surface area (TPSA) is 55.4 Å². The van der Waals surface area contributed by atoms with Crippen LogP contribution in [0.15, 0.2) is 0 Å². The summed E-state index contributed by atoms with van der Waals surface area (Å²) in [4.78, 5) is 0. The minimum absolute atomic E-state index is 1.19. The SMILES string of the molecule is CCCCCC[Si](C)(C)O[Si](C)(O[Si](C)(C)CCCCCC)O[Si](C)(C)CCCCCCCC[Si](C)(C)O[Si](C)(O[Si](C)(C)CCCCCC)O[Si](C)(C)CCCCCC. The van der Waals surface area contributed by atoms with Gasteiger partial charge in [0, 0.05) is 13.1 Å². The predicted molar refractivity (Wildman–Crippen MR) is 288 cm³/mol. The van der Waals surface area contributed by atoms with Crippen molar-refractivity contribution in [1.82, 2.24) is 0 Å². The second kappa shape index (κ2) is 30.7. The van der Waals surface area contributed by atoms with Crippen molar-refractivity contribution in [3.8, 4) is 0 Å². The van der Waals surface area contributed by atoms with Gasteiger partial charge in [0.25, 0.3) is 0 Å². The fraction of sp³-hybridized carbons (Fsp3) is 1.00. The average molecular weight is 984 g/mol. The van der Waals surface area contributed by atoms with Crippen molar-refractivity contribution in [1.29, 1.82) is 0 Å². The Bertz CT molecular complexity index is 941. The van der Waals surface area contributed by atoms with Gasteiger partial charge in [-0.1, -0.05) is 169 Å². The molecule has 14 heteroatoms. The van der Waals surface area contributed by atoms with Gasteiger partial charge in [-0.3, -0.25) is 0 Å². The maximum Gasteiger partial charge on any atom is 0.466 e. The van der Waals surface area contributed by atoms with Gasteiger partial charge in [0.1, 0.15) is 0 Å². The molecular formula is C46H110O6Si8. The summed E-state index contributed by atoms with van der Waals surface area (Å²) in [6.07, 6.45) is 28.4. The van der Waals surface area contributed by atoms with E-state index in [4.69, 9.17) is 24.7 Å². The van der Waals surface area contributed by atoms with E-state index in [-0.39, 0.29) is 0 Å². The Labute approximate surface area is 386 Å². The monoisotopic (exact) mass is 983 g/mol. The summed E-state index contributed by atoms with van der Waals surface area (Å²) in [6, 6.07) is 7.19. The molecule has 0 saturated carbocycles. The van der Waals surface area contributed by atoms with Gasteiger partial charge < -0.3 is 24.7 Å². The first-order valence-corrected chi connectivity index (χ1v) is 49.0. The molecule has 0 aromatic rings. The molecule has 0 spiro atoms. The van der Waals surface area contributed by atoms with Gasteiger partial charge in [-0.2, -0.15) is 0 Å². The molecule has 0 saturated heterocycles. The molecule has 0 atom stereocenters. The van der Waals surface area contributed by atoms with Crippen LogP contribution in [0.1, 0.15) is 169 Å². The summed E-state index contributed by atoms with van der Waals surface area (Å²) in [6.45, 7) is 42.8. The summed E-state index contributed by atoms with van der Waals surface area (Å²) >= 11 is 0. The summed E-state index contributed by atoms with van der Waals surface area (Å²) < 4.78 is 43.4. The van der Waals surface area contributed by atoms with Crippen LogP contribution in [0.5, 0.6) is 0 Å². The van der Waals surface area contributed by atoms with Gasteiger partial charge in [-0.05, 0) is 115 Å². The molecule has 0 heterocycles. The van der Waals surface area contributed by atoms with Crippen molar-refractivity contribution >= 4 is 67.5 Å². The van der Waals surface area contributed by atoms with E-state index in [1.165, 1.54) is 178 Å². The molecule has 0 bridgehead atoms. The molecule has 0 rings (SSSR count). The zero-order valence-electron chi connectivity index (χ0n) is 44.2. The maximum absolute atomic E-state index is 7.27. The summed E-state index contributed by atoms with van der Waals surface area (Å²) in [7, 11) is -17.2. The Balaban J connectivity index is 5.35. The lowest BCUT2D eigenvalue weighted by Crippen LogP contribution is -2.60. The second-order valence-corrected chi connectivity index (χ2v) is 55.2. The lowest BCUT2D eigenvalue weighted by molar-refractivity contribution is 0.254. The highest BCUT2D eigenvalue weighted by atomic mass is 28.5. The van der Waals surface area contributed by atoms with Crippen LogP contribution in [-0.4, -0.2) is 67.5 Å². The standard InChI is InChI=1S/C46H110O6Si8/c1-19-23-27-35-41-53(5,6)47-59(17,48-54(7,8)42-36-28-24-20-2)51-57(13,14)45-39-33-31-32-34-40-46-58(15,16)52-60(18,49-55(9,10)43-37-29-25-21-3)50-56(11,12)44-38-30-26-22-4/h19-46H2,1-18H3. The highest BCUT2D eigenvalue weighted by Gasteiger charge is 2.50. The molecule has 0 aromatic carbocycles. The van der Waals surface area contributed by atoms with E-state index >= 15 is 0 Å². The van der Waals surface area contributed by atoms with Crippen molar-refractivity contribution in [2.75, 3.05) is 0 Å². The van der Waals surface area contributed by atoms with E-state index in [9.17, 15) is 0 Å². The Morgan fingerprint density at radius 3 is 0.483 bits per heavy atom. The van der Waals surface area contributed by atoms with Crippen molar-refractivity contribution in [3.05, 3.63) is 0 Å². The van der Waals surface area contributed by atoms with Gasteiger partial charge in [0.15, 0.2) is 49.9 Å². The molecule has 0 aliphatic rings. The van der Waals surface area contributed by atoms with E-state index in [1.54, 1.807) is 0 Å². The molecule has 0 amide bonds. The molecule has 0 fully saturated rings. The zero-order chi connectivity index (χ0) is 46.0. The minimum Gasteiger partial charge on any atom is -0.417 e. The van der Waals surface area contributed by atoms with Crippen molar-refractivity contribution < 1.29 is 24.7 Å². The van der Waals surface area contributed by atoms with Gasteiger partial charge in [-0.25, -0.2) is 0 Å². The van der Waals surface area contributed by atoms with Crippen LogP contribution in [0.2, 0.25) is 128 Å². The first kappa shape index (κ1) is 61.5. The molecule has 0 aliphatic heterocycles. The number of unbranched alkanes of at least 4 members (excludes halogenated alkanes) is 17. The quantitative estimate of drug-likeness (QED) is 0.0449. The first-order valence-electron chi connectivity index (χ1n) is 25.9. The molecule has 0 aliphatic carbocycles. The lowest BCUT2D eigenvalue weighted by Gasteiger charge is -2.43. The van der Waals surface area contributed by atoms with Crippen LogP contribution in [0.4, 0.5) is 0 Å². The maximum atomic E-state index is 7.27. The highest BCUT2D eigenvalue weighted by Crippen LogP contribution is 2.34. The molecule has 0 radical (unpaired) electrons. The molecule has 0 N–H and O–H groups in total. The molecule has 60 heavy (non-hydrogen) atoms. The number of rotatable bonds is 41. The minimum atomic E-state index is -2.79. The van der Waals surface area contributed by atoms with Crippen molar-refractivity contribution in [2.24, 2.45) is 0 Å². The van der Waals surface area contributed by atoms with E-state index < -0.39 is 67.5 Å². The Morgan fingerprint density at radius 1 is 0.200 bits per heavy atom. The largest absolute Gasteiger partial charge is 0.466 e. The molecular weight excluding hydrogens is 873 g/mol. The average Bonchev–Trinajstić information content (AvgIpc) is 3.08. The Hall–Kier alpha value is 1.50. The third-order valence-corrected chi connectivity index (χ3v) is 43.6. The second-order valence-electron chi connectivity index (χ2n) is 22.8. The van der Waals surface area contributed by atoms with Crippen LogP contribution in [0.25, 0.3) is 0 Å². The molecule has 0 aromatic heterocycles.